The highest BCUT2D eigenvalue weighted by Crippen LogP contribution is 2.29. The molecular weight excluding hydrogens is 398 g/mol. The quantitative estimate of drug-likeness (QED) is 0.525. The fraction of sp³-hybridized carbons (Fsp3) is 0.474. The van der Waals surface area contributed by atoms with Crippen LogP contribution in [0.25, 0.3) is 0 Å². The topological polar surface area (TPSA) is 113 Å². The maximum Gasteiger partial charge on any atom is 0.323 e. The number of carbonyl (C=O) groups excluding carboxylic acids is 1. The third kappa shape index (κ3) is 4.75. The molecule has 2 heterocycles. The first kappa shape index (κ1) is 21.2. The lowest BCUT2D eigenvalue weighted by Gasteiger charge is -2.35. The summed E-state index contributed by atoms with van der Waals surface area (Å²) in [6.45, 7) is 6.43. The van der Waals surface area contributed by atoms with Crippen LogP contribution in [0.5, 0.6) is 0 Å². The van der Waals surface area contributed by atoms with Crippen LogP contribution in [0.4, 0.5) is 5.69 Å². The summed E-state index contributed by atoms with van der Waals surface area (Å²) in [5, 5.41) is 21.4. The van der Waals surface area contributed by atoms with E-state index in [1.807, 2.05) is 18.2 Å². The van der Waals surface area contributed by atoms with Gasteiger partial charge in [0.05, 0.1) is 24.2 Å². The van der Waals surface area contributed by atoms with Crippen molar-refractivity contribution in [3.05, 3.63) is 56.4 Å². The lowest BCUT2D eigenvalue weighted by Crippen LogP contribution is -2.44. The fourth-order valence-electron chi connectivity index (χ4n) is 3.44. The van der Waals surface area contributed by atoms with Crippen molar-refractivity contribution in [1.82, 2.24) is 20.4 Å². The van der Waals surface area contributed by atoms with E-state index in [9.17, 15) is 14.9 Å². The van der Waals surface area contributed by atoms with Crippen LogP contribution in [-0.4, -0.2) is 58.8 Å². The minimum absolute atomic E-state index is 0.159. The van der Waals surface area contributed by atoms with Crippen LogP contribution >= 0.6 is 11.6 Å². The second-order valence-corrected chi connectivity index (χ2v) is 7.55. The van der Waals surface area contributed by atoms with Crippen LogP contribution in [0, 0.1) is 10.1 Å². The molecule has 1 aliphatic rings. The van der Waals surface area contributed by atoms with Crippen molar-refractivity contribution >= 4 is 23.2 Å². The van der Waals surface area contributed by atoms with E-state index in [4.69, 9.17) is 16.3 Å². The molecular formula is C19H24ClN5O4. The number of aromatic amines is 1. The van der Waals surface area contributed by atoms with E-state index >= 15 is 0 Å². The number of nitrogens with one attached hydrogen (secondary N) is 2. The molecule has 2 N–H and O–H groups in total. The number of benzene rings is 1. The Morgan fingerprint density at radius 3 is 2.69 bits per heavy atom. The Labute approximate surface area is 173 Å². The maximum atomic E-state index is 12.7. The Balaban J connectivity index is 1.82. The number of carbonyl (C=O) groups is 1. The molecule has 3 rings (SSSR count). The van der Waals surface area contributed by atoms with Crippen LogP contribution in [-0.2, 0) is 4.74 Å². The number of morpholine rings is 1. The smallest absolute Gasteiger partial charge is 0.323 e. The van der Waals surface area contributed by atoms with E-state index in [1.54, 1.807) is 19.9 Å². The first-order valence-corrected chi connectivity index (χ1v) is 9.85. The van der Waals surface area contributed by atoms with Crippen LogP contribution in [0.2, 0.25) is 5.02 Å². The number of nitro groups is 1. The predicted octanol–water partition coefficient (Wildman–Crippen LogP) is 2.90. The van der Waals surface area contributed by atoms with Crippen LogP contribution in [0.3, 0.4) is 0 Å². The lowest BCUT2D eigenvalue weighted by molar-refractivity contribution is -0.385. The molecule has 1 aliphatic heterocycles. The van der Waals surface area contributed by atoms with Gasteiger partial charge in [0.1, 0.15) is 5.69 Å². The summed E-state index contributed by atoms with van der Waals surface area (Å²) in [7, 11) is 0. The molecule has 0 spiro atoms. The zero-order chi connectivity index (χ0) is 21.0. The zero-order valence-electron chi connectivity index (χ0n) is 16.4. The Bertz CT molecular complexity index is 879. The molecule has 29 heavy (non-hydrogen) atoms. The van der Waals surface area contributed by atoms with Crippen molar-refractivity contribution in [2.24, 2.45) is 0 Å². The minimum atomic E-state index is -0.592. The van der Waals surface area contributed by atoms with E-state index in [2.05, 4.69) is 20.4 Å². The molecule has 1 aromatic carbocycles. The molecule has 2 aromatic rings. The largest absolute Gasteiger partial charge is 0.379 e. The van der Waals surface area contributed by atoms with Gasteiger partial charge < -0.3 is 10.1 Å². The number of ether oxygens (including phenoxy) is 1. The lowest BCUT2D eigenvalue weighted by atomic mass is 10.0. The Hall–Kier alpha value is -2.49. The number of aromatic nitrogens is 2. The number of H-pyrrole nitrogens is 1. The molecule has 9 nitrogen and oxygen atoms in total. The molecule has 0 radical (unpaired) electrons. The highest BCUT2D eigenvalue weighted by Gasteiger charge is 2.31. The first-order chi connectivity index (χ1) is 13.9. The normalized spacial score (nSPS) is 16.0. The zero-order valence-corrected chi connectivity index (χ0v) is 17.1. The summed E-state index contributed by atoms with van der Waals surface area (Å²) >= 11 is 6.40. The van der Waals surface area contributed by atoms with Crippen LogP contribution < -0.4 is 5.32 Å². The van der Waals surface area contributed by atoms with Gasteiger partial charge in [0.2, 0.25) is 5.69 Å². The summed E-state index contributed by atoms with van der Waals surface area (Å²) in [5.41, 5.74) is 0.725. The van der Waals surface area contributed by atoms with Crippen molar-refractivity contribution in [2.75, 3.05) is 32.8 Å². The highest BCUT2D eigenvalue weighted by molar-refractivity contribution is 6.31. The predicted molar refractivity (Wildman–Crippen MR) is 108 cm³/mol. The number of nitrogens with zero attached hydrogens (tertiary/aromatic N) is 3. The number of rotatable bonds is 7. The maximum absolute atomic E-state index is 12.7. The van der Waals surface area contributed by atoms with Gasteiger partial charge in [0, 0.05) is 30.6 Å². The third-order valence-corrected chi connectivity index (χ3v) is 5.29. The Kier molecular flexibility index (Phi) is 6.83. The number of amides is 1. The summed E-state index contributed by atoms with van der Waals surface area (Å²) in [4.78, 5) is 25.8. The molecule has 0 bridgehead atoms. The molecule has 1 atom stereocenters. The monoisotopic (exact) mass is 421 g/mol. The van der Waals surface area contributed by atoms with Gasteiger partial charge in [-0.1, -0.05) is 43.6 Å². The molecule has 0 saturated carbocycles. The van der Waals surface area contributed by atoms with Gasteiger partial charge >= 0.3 is 5.69 Å². The van der Waals surface area contributed by atoms with E-state index in [1.165, 1.54) is 0 Å². The molecule has 0 aliphatic carbocycles. The molecule has 1 aromatic heterocycles. The van der Waals surface area contributed by atoms with E-state index in [-0.39, 0.29) is 29.9 Å². The van der Waals surface area contributed by atoms with Gasteiger partial charge in [-0.15, -0.1) is 0 Å². The van der Waals surface area contributed by atoms with Crippen molar-refractivity contribution in [2.45, 2.75) is 25.8 Å². The van der Waals surface area contributed by atoms with E-state index in [0.717, 1.165) is 5.56 Å². The van der Waals surface area contributed by atoms with Gasteiger partial charge in [-0.05, 0) is 11.6 Å². The second-order valence-electron chi connectivity index (χ2n) is 7.14. The minimum Gasteiger partial charge on any atom is -0.379 e. The van der Waals surface area contributed by atoms with Gasteiger partial charge in [-0.25, -0.2) is 0 Å². The van der Waals surface area contributed by atoms with Crippen molar-refractivity contribution in [3.63, 3.8) is 0 Å². The molecule has 156 valence electrons. The SMILES string of the molecule is CC(C)c1[nH]nc(C(=O)NC[C@H](c2ccccc2Cl)N2CCOCC2)c1[N+](=O)[O-]. The van der Waals surface area contributed by atoms with Gasteiger partial charge in [0.15, 0.2) is 0 Å². The molecule has 0 unspecified atom stereocenters. The van der Waals surface area contributed by atoms with Crippen molar-refractivity contribution < 1.29 is 14.5 Å². The fourth-order valence-corrected chi connectivity index (χ4v) is 3.70. The van der Waals surface area contributed by atoms with Crippen LogP contribution in [0.1, 0.15) is 47.6 Å². The summed E-state index contributed by atoms with van der Waals surface area (Å²) in [6.07, 6.45) is 0. The van der Waals surface area contributed by atoms with Gasteiger partial charge in [-0.3, -0.25) is 24.9 Å². The molecule has 1 saturated heterocycles. The van der Waals surface area contributed by atoms with E-state index in [0.29, 0.717) is 37.0 Å². The summed E-state index contributed by atoms with van der Waals surface area (Å²) in [5.74, 6) is -0.751. The number of halogens is 1. The first-order valence-electron chi connectivity index (χ1n) is 9.47. The molecule has 1 fully saturated rings. The van der Waals surface area contributed by atoms with Gasteiger partial charge in [0.25, 0.3) is 5.91 Å². The molecule has 10 heteroatoms. The summed E-state index contributed by atoms with van der Waals surface area (Å²) in [6, 6.07) is 7.28. The summed E-state index contributed by atoms with van der Waals surface area (Å²) < 4.78 is 5.43. The average molecular weight is 422 g/mol. The Morgan fingerprint density at radius 2 is 2.07 bits per heavy atom. The van der Waals surface area contributed by atoms with Crippen molar-refractivity contribution in [3.8, 4) is 0 Å². The average Bonchev–Trinajstić information content (AvgIpc) is 3.16. The van der Waals surface area contributed by atoms with Crippen molar-refractivity contribution in [1.29, 1.82) is 0 Å². The standard InChI is InChI=1S/C19H24ClN5O4/c1-12(2)16-18(25(27)28)17(23-22-16)19(26)21-11-15(24-7-9-29-10-8-24)13-5-3-4-6-14(13)20/h3-6,12,15H,7-11H2,1-2H3,(H,21,26)(H,22,23)/t15-/m1/s1. The number of hydrogen-bond donors (Lipinski definition) is 2. The third-order valence-electron chi connectivity index (χ3n) is 4.95. The van der Waals surface area contributed by atoms with Crippen LogP contribution in [0.15, 0.2) is 24.3 Å². The Morgan fingerprint density at radius 1 is 1.38 bits per heavy atom. The van der Waals surface area contributed by atoms with E-state index < -0.39 is 10.8 Å². The second kappa shape index (κ2) is 9.34. The number of hydrogen-bond acceptors (Lipinski definition) is 6. The van der Waals surface area contributed by atoms with Gasteiger partial charge in [-0.2, -0.15) is 5.10 Å². The molecule has 1 amide bonds. The highest BCUT2D eigenvalue weighted by atomic mass is 35.5.